The second-order valence-corrected chi connectivity index (χ2v) is 4.91. The van der Waals surface area contributed by atoms with Gasteiger partial charge >= 0.3 is 0 Å². The van der Waals surface area contributed by atoms with Gasteiger partial charge in [0.25, 0.3) is 0 Å². The van der Waals surface area contributed by atoms with Gasteiger partial charge in [-0.2, -0.15) is 0 Å². The molecule has 1 unspecified atom stereocenters. The molecule has 2 rings (SSSR count). The van der Waals surface area contributed by atoms with Crippen molar-refractivity contribution in [3.8, 4) is 0 Å². The van der Waals surface area contributed by atoms with Crippen LogP contribution in [0.1, 0.15) is 26.2 Å². The summed E-state index contributed by atoms with van der Waals surface area (Å²) in [6.45, 7) is 3.22. The van der Waals surface area contributed by atoms with Crippen LogP contribution in [0.15, 0.2) is 18.2 Å². The highest BCUT2D eigenvalue weighted by molar-refractivity contribution is 5.80. The molecule has 0 saturated heterocycles. The lowest BCUT2D eigenvalue weighted by Gasteiger charge is -2.14. The highest BCUT2D eigenvalue weighted by Gasteiger charge is 2.08. The van der Waals surface area contributed by atoms with Crippen molar-refractivity contribution >= 4 is 22.7 Å². The monoisotopic (exact) mass is 262 g/mol. The Bertz CT molecular complexity index is 517. The number of imidazole rings is 1. The molecule has 0 aliphatic rings. The van der Waals surface area contributed by atoms with Crippen LogP contribution in [-0.4, -0.2) is 28.2 Å². The average molecular weight is 262 g/mol. The van der Waals surface area contributed by atoms with Crippen LogP contribution in [0, 0.1) is 5.92 Å². The first-order valence-corrected chi connectivity index (χ1v) is 6.83. The Morgan fingerprint density at radius 1 is 1.42 bits per heavy atom. The maximum absolute atomic E-state index is 9.04. The number of fused-ring (bicyclic) bond motifs is 1. The zero-order chi connectivity index (χ0) is 13.7. The van der Waals surface area contributed by atoms with E-state index in [1.807, 2.05) is 18.2 Å². The van der Waals surface area contributed by atoms with Gasteiger partial charge in [-0.25, -0.2) is 4.98 Å². The molecule has 0 amide bonds. The molecule has 1 atom stereocenters. The summed E-state index contributed by atoms with van der Waals surface area (Å²) in [6, 6.07) is 5.63. The molecular weight excluding hydrogens is 240 g/mol. The van der Waals surface area contributed by atoms with E-state index < -0.39 is 0 Å². The van der Waals surface area contributed by atoms with Gasteiger partial charge in [0.1, 0.15) is 0 Å². The van der Waals surface area contributed by atoms with E-state index >= 15 is 0 Å². The molecule has 104 valence electrons. The Labute approximate surface area is 113 Å². The van der Waals surface area contributed by atoms with Crippen LogP contribution in [0.4, 0.5) is 11.6 Å². The molecule has 5 N–H and O–H groups in total. The molecule has 0 radical (unpaired) electrons. The van der Waals surface area contributed by atoms with Crippen molar-refractivity contribution in [2.45, 2.75) is 26.2 Å². The molecule has 0 aliphatic carbocycles. The minimum atomic E-state index is 0.239. The Kier molecular flexibility index (Phi) is 4.63. The summed E-state index contributed by atoms with van der Waals surface area (Å²) in [5.41, 5.74) is 8.32. The number of rotatable bonds is 7. The van der Waals surface area contributed by atoms with Gasteiger partial charge in [0.15, 0.2) is 0 Å². The number of hydrogen-bond acceptors (Lipinski definition) is 4. The maximum Gasteiger partial charge on any atom is 0.201 e. The normalized spacial score (nSPS) is 12.7. The molecule has 0 saturated carbocycles. The van der Waals surface area contributed by atoms with Gasteiger partial charge in [0, 0.05) is 18.8 Å². The van der Waals surface area contributed by atoms with Crippen LogP contribution >= 0.6 is 0 Å². The van der Waals surface area contributed by atoms with Crippen LogP contribution in [0.3, 0.4) is 0 Å². The Hall–Kier alpha value is -1.75. The van der Waals surface area contributed by atoms with Crippen molar-refractivity contribution in [3.63, 3.8) is 0 Å². The van der Waals surface area contributed by atoms with Gasteiger partial charge in [0.05, 0.1) is 11.0 Å². The number of H-pyrrole nitrogens is 1. The summed E-state index contributed by atoms with van der Waals surface area (Å²) in [5.74, 6) is 1.24. The number of aromatic nitrogens is 2. The maximum atomic E-state index is 9.04. The second-order valence-electron chi connectivity index (χ2n) is 4.91. The van der Waals surface area contributed by atoms with E-state index in [-0.39, 0.29) is 6.61 Å². The number of nitrogens with two attached hydrogens (primary N) is 1. The number of aromatic amines is 1. The van der Waals surface area contributed by atoms with Gasteiger partial charge in [-0.3, -0.25) is 0 Å². The largest absolute Gasteiger partial charge is 0.399 e. The van der Waals surface area contributed by atoms with Crippen molar-refractivity contribution in [2.75, 3.05) is 24.2 Å². The van der Waals surface area contributed by atoms with Crippen molar-refractivity contribution in [2.24, 2.45) is 5.92 Å². The third kappa shape index (κ3) is 3.61. The summed E-state index contributed by atoms with van der Waals surface area (Å²) in [5, 5.41) is 12.3. The van der Waals surface area contributed by atoms with Crippen LogP contribution < -0.4 is 11.1 Å². The lowest BCUT2D eigenvalue weighted by Crippen LogP contribution is -2.16. The topological polar surface area (TPSA) is 87.0 Å². The minimum absolute atomic E-state index is 0.239. The highest BCUT2D eigenvalue weighted by Crippen LogP contribution is 2.18. The molecule has 2 aromatic rings. The minimum Gasteiger partial charge on any atom is -0.399 e. The molecule has 5 nitrogen and oxygen atoms in total. The van der Waals surface area contributed by atoms with Gasteiger partial charge in [0.2, 0.25) is 5.95 Å². The van der Waals surface area contributed by atoms with Crippen molar-refractivity contribution in [3.05, 3.63) is 18.2 Å². The zero-order valence-electron chi connectivity index (χ0n) is 11.3. The van der Waals surface area contributed by atoms with E-state index in [0.717, 1.165) is 48.5 Å². The second kappa shape index (κ2) is 6.43. The number of nitrogens with zero attached hydrogens (tertiary/aromatic N) is 1. The van der Waals surface area contributed by atoms with E-state index in [1.54, 1.807) is 0 Å². The van der Waals surface area contributed by atoms with Crippen LogP contribution in [0.5, 0.6) is 0 Å². The fourth-order valence-electron chi connectivity index (χ4n) is 2.29. The summed E-state index contributed by atoms with van der Waals surface area (Å²) in [7, 11) is 0. The number of aliphatic hydroxyl groups is 1. The van der Waals surface area contributed by atoms with E-state index in [2.05, 4.69) is 22.2 Å². The summed E-state index contributed by atoms with van der Waals surface area (Å²) >= 11 is 0. The van der Waals surface area contributed by atoms with Crippen molar-refractivity contribution in [1.82, 2.24) is 9.97 Å². The van der Waals surface area contributed by atoms with E-state index in [1.165, 1.54) is 0 Å². The number of benzene rings is 1. The molecule has 19 heavy (non-hydrogen) atoms. The third-order valence-corrected chi connectivity index (χ3v) is 3.30. The van der Waals surface area contributed by atoms with E-state index in [0.29, 0.717) is 5.92 Å². The fourth-order valence-corrected chi connectivity index (χ4v) is 2.29. The van der Waals surface area contributed by atoms with Gasteiger partial charge in [-0.05, 0) is 37.0 Å². The number of nitrogen functional groups attached to an aromatic ring is 1. The lowest BCUT2D eigenvalue weighted by molar-refractivity contribution is 0.255. The smallest absolute Gasteiger partial charge is 0.201 e. The quantitative estimate of drug-likeness (QED) is 0.577. The Morgan fingerprint density at radius 2 is 2.26 bits per heavy atom. The molecule has 0 spiro atoms. The first-order chi connectivity index (χ1) is 9.22. The molecule has 0 fully saturated rings. The summed E-state index contributed by atoms with van der Waals surface area (Å²) in [6.07, 6.45) is 3.07. The van der Waals surface area contributed by atoms with Crippen LogP contribution in [0.2, 0.25) is 0 Å². The van der Waals surface area contributed by atoms with Crippen LogP contribution in [0.25, 0.3) is 11.0 Å². The highest BCUT2D eigenvalue weighted by atomic mass is 16.3. The SMILES string of the molecule is CCCC(CCO)CNc1nc2ccc(N)cc2[nH]1. The van der Waals surface area contributed by atoms with Gasteiger partial charge in [-0.1, -0.05) is 13.3 Å². The third-order valence-electron chi connectivity index (χ3n) is 3.30. The van der Waals surface area contributed by atoms with E-state index in [9.17, 15) is 0 Å². The lowest BCUT2D eigenvalue weighted by atomic mass is 10.0. The number of anilines is 2. The fraction of sp³-hybridized carbons (Fsp3) is 0.500. The van der Waals surface area contributed by atoms with Gasteiger partial charge < -0.3 is 21.1 Å². The summed E-state index contributed by atoms with van der Waals surface area (Å²) < 4.78 is 0. The van der Waals surface area contributed by atoms with Crippen molar-refractivity contribution in [1.29, 1.82) is 0 Å². The zero-order valence-corrected chi connectivity index (χ0v) is 11.3. The van der Waals surface area contributed by atoms with Crippen LogP contribution in [-0.2, 0) is 0 Å². The number of nitrogens with one attached hydrogen (secondary N) is 2. The molecule has 0 bridgehead atoms. The van der Waals surface area contributed by atoms with E-state index in [4.69, 9.17) is 10.8 Å². The molecule has 1 aromatic carbocycles. The molecule has 1 heterocycles. The standard InChI is InChI=1S/C14H22N4O/c1-2-3-10(6-7-19)9-16-14-17-12-5-4-11(15)8-13(12)18-14/h4-5,8,10,19H,2-3,6-7,9,15H2,1H3,(H2,16,17,18). The number of aliphatic hydroxyl groups excluding tert-OH is 1. The molecule has 5 heteroatoms. The average Bonchev–Trinajstić information content (AvgIpc) is 2.78. The predicted octanol–water partition coefficient (Wildman–Crippen LogP) is 2.36. The van der Waals surface area contributed by atoms with Crippen molar-refractivity contribution < 1.29 is 5.11 Å². The Balaban J connectivity index is 2.00. The first kappa shape index (κ1) is 13.7. The molecule has 1 aromatic heterocycles. The number of hydrogen-bond donors (Lipinski definition) is 4. The summed E-state index contributed by atoms with van der Waals surface area (Å²) in [4.78, 5) is 7.67. The van der Waals surface area contributed by atoms with Gasteiger partial charge in [-0.15, -0.1) is 0 Å². The Morgan fingerprint density at radius 3 is 3.00 bits per heavy atom. The molecule has 0 aliphatic heterocycles. The first-order valence-electron chi connectivity index (χ1n) is 6.83. The predicted molar refractivity (Wildman–Crippen MR) is 79.1 cm³/mol. The molecular formula is C14H22N4O.